The third-order valence-corrected chi connectivity index (χ3v) is 2.52. The van der Waals surface area contributed by atoms with E-state index < -0.39 is 5.97 Å². The molecule has 3 nitrogen and oxygen atoms in total. The second-order valence-electron chi connectivity index (χ2n) is 2.37. The summed E-state index contributed by atoms with van der Waals surface area (Å²) in [6.07, 6.45) is 0.645. The van der Waals surface area contributed by atoms with Gasteiger partial charge in [0.1, 0.15) is 12.2 Å². The average Bonchev–Trinajstić information content (AvgIpc) is 2.52. The molecule has 68 valence electrons. The van der Waals surface area contributed by atoms with Gasteiger partial charge in [0.25, 0.3) is 0 Å². The van der Waals surface area contributed by atoms with Crippen LogP contribution in [0.15, 0.2) is 11.4 Å². The Morgan fingerprint density at radius 3 is 3.15 bits per heavy atom. The summed E-state index contributed by atoms with van der Waals surface area (Å²) in [5, 5.41) is 10.1. The van der Waals surface area contributed by atoms with Gasteiger partial charge in [0, 0.05) is 4.88 Å². The van der Waals surface area contributed by atoms with Crippen LogP contribution in [0.4, 0.5) is 0 Å². The minimum absolute atomic E-state index is 0.195. The third kappa shape index (κ3) is 2.56. The summed E-state index contributed by atoms with van der Waals surface area (Å²) in [7, 11) is 0. The number of hydrogen-bond donors (Lipinski definition) is 0. The van der Waals surface area contributed by atoms with Crippen molar-refractivity contribution in [2.24, 2.45) is 0 Å². The van der Waals surface area contributed by atoms with Crippen LogP contribution in [0.3, 0.4) is 0 Å². The van der Waals surface area contributed by atoms with E-state index in [1.165, 1.54) is 0 Å². The molecule has 0 aliphatic heterocycles. The Balaban J connectivity index is 2.64. The van der Waals surface area contributed by atoms with Crippen molar-refractivity contribution in [2.75, 3.05) is 0 Å². The maximum atomic E-state index is 10.9. The van der Waals surface area contributed by atoms with Gasteiger partial charge in [-0.2, -0.15) is 5.26 Å². The zero-order chi connectivity index (χ0) is 9.68. The molecule has 0 aromatic carbocycles. The van der Waals surface area contributed by atoms with Crippen LogP contribution in [0.5, 0.6) is 5.75 Å². The van der Waals surface area contributed by atoms with E-state index in [2.05, 4.69) is 0 Å². The molecule has 0 aliphatic rings. The molecule has 0 spiro atoms. The van der Waals surface area contributed by atoms with Crippen molar-refractivity contribution in [1.29, 1.82) is 5.26 Å². The fourth-order valence-electron chi connectivity index (χ4n) is 0.901. The van der Waals surface area contributed by atoms with Gasteiger partial charge in [-0.15, -0.1) is 11.3 Å². The topological polar surface area (TPSA) is 50.1 Å². The molecule has 4 heteroatoms. The second kappa shape index (κ2) is 4.63. The van der Waals surface area contributed by atoms with Gasteiger partial charge in [-0.25, -0.2) is 0 Å². The number of nitriles is 1. The SMILES string of the molecule is CCc1sccc1OC(=O)CC#N. The van der Waals surface area contributed by atoms with E-state index in [1.807, 2.05) is 12.3 Å². The molecule has 1 aromatic heterocycles. The van der Waals surface area contributed by atoms with Gasteiger partial charge in [-0.05, 0) is 17.9 Å². The maximum absolute atomic E-state index is 10.9. The van der Waals surface area contributed by atoms with Gasteiger partial charge >= 0.3 is 5.97 Å². The molecule has 1 heterocycles. The van der Waals surface area contributed by atoms with E-state index in [4.69, 9.17) is 10.00 Å². The quantitative estimate of drug-likeness (QED) is 0.694. The van der Waals surface area contributed by atoms with Gasteiger partial charge in [-0.3, -0.25) is 4.79 Å². The van der Waals surface area contributed by atoms with Crippen molar-refractivity contribution >= 4 is 17.3 Å². The van der Waals surface area contributed by atoms with Crippen LogP contribution in [0.1, 0.15) is 18.2 Å². The van der Waals surface area contributed by atoms with Crippen molar-refractivity contribution in [1.82, 2.24) is 0 Å². The monoisotopic (exact) mass is 195 g/mol. The van der Waals surface area contributed by atoms with E-state index in [9.17, 15) is 4.79 Å². The molecular formula is C9H9NO2S. The number of ether oxygens (including phenoxy) is 1. The number of thiophene rings is 1. The Morgan fingerprint density at radius 2 is 2.54 bits per heavy atom. The fourth-order valence-corrected chi connectivity index (χ4v) is 1.65. The largest absolute Gasteiger partial charge is 0.425 e. The molecule has 0 fully saturated rings. The summed E-state index contributed by atoms with van der Waals surface area (Å²) in [6.45, 7) is 1.99. The van der Waals surface area contributed by atoms with E-state index >= 15 is 0 Å². The lowest BCUT2D eigenvalue weighted by molar-refractivity contribution is -0.133. The summed E-state index contributed by atoms with van der Waals surface area (Å²) in [6, 6.07) is 3.50. The Morgan fingerprint density at radius 1 is 1.77 bits per heavy atom. The standard InChI is InChI=1S/C9H9NO2S/c1-2-8-7(4-6-13-8)12-9(11)3-5-10/h4,6H,2-3H2,1H3. The predicted molar refractivity (Wildman–Crippen MR) is 49.6 cm³/mol. The number of esters is 1. The molecule has 0 N–H and O–H groups in total. The molecular weight excluding hydrogens is 186 g/mol. The third-order valence-electron chi connectivity index (χ3n) is 1.47. The number of aryl methyl sites for hydroxylation is 1. The first-order valence-electron chi connectivity index (χ1n) is 3.92. The van der Waals surface area contributed by atoms with Crippen molar-refractivity contribution < 1.29 is 9.53 Å². The highest BCUT2D eigenvalue weighted by Gasteiger charge is 2.08. The van der Waals surface area contributed by atoms with Crippen LogP contribution < -0.4 is 4.74 Å². The Bertz CT molecular complexity index is 338. The van der Waals surface area contributed by atoms with Crippen molar-refractivity contribution in [3.8, 4) is 11.8 Å². The number of hydrogen-bond acceptors (Lipinski definition) is 4. The molecule has 0 aliphatic carbocycles. The maximum Gasteiger partial charge on any atom is 0.325 e. The minimum atomic E-state index is -0.490. The highest BCUT2D eigenvalue weighted by Crippen LogP contribution is 2.25. The molecule has 0 saturated heterocycles. The molecule has 0 amide bonds. The predicted octanol–water partition coefficient (Wildman–Crippen LogP) is 2.13. The van der Waals surface area contributed by atoms with Gasteiger partial charge < -0.3 is 4.74 Å². The van der Waals surface area contributed by atoms with Crippen LogP contribution in [0.25, 0.3) is 0 Å². The lowest BCUT2D eigenvalue weighted by atomic mass is 10.3. The summed E-state index contributed by atoms with van der Waals surface area (Å²) >= 11 is 1.55. The van der Waals surface area contributed by atoms with Crippen molar-refractivity contribution in [3.63, 3.8) is 0 Å². The summed E-state index contributed by atoms with van der Waals surface area (Å²) < 4.78 is 4.97. The zero-order valence-electron chi connectivity index (χ0n) is 7.24. The smallest absolute Gasteiger partial charge is 0.325 e. The number of carbonyl (C=O) groups excluding carboxylic acids is 1. The van der Waals surface area contributed by atoms with Crippen LogP contribution in [-0.2, 0) is 11.2 Å². The van der Waals surface area contributed by atoms with Crippen molar-refractivity contribution in [2.45, 2.75) is 19.8 Å². The molecule has 0 bridgehead atoms. The summed E-state index contributed by atoms with van der Waals surface area (Å²) in [4.78, 5) is 12.0. The number of carbonyl (C=O) groups is 1. The number of nitrogens with zero attached hydrogens (tertiary/aromatic N) is 1. The Labute approximate surface area is 80.6 Å². The minimum Gasteiger partial charge on any atom is -0.425 e. The molecule has 0 radical (unpaired) electrons. The van der Waals surface area contributed by atoms with Crippen LogP contribution in [0, 0.1) is 11.3 Å². The number of rotatable bonds is 3. The van der Waals surface area contributed by atoms with E-state index in [0.29, 0.717) is 5.75 Å². The van der Waals surface area contributed by atoms with Gasteiger partial charge in [0.05, 0.1) is 6.07 Å². The van der Waals surface area contributed by atoms with Crippen LogP contribution in [0.2, 0.25) is 0 Å². The summed E-state index contributed by atoms with van der Waals surface area (Å²) in [5.74, 6) is 0.100. The lowest BCUT2D eigenvalue weighted by Crippen LogP contribution is -2.06. The second-order valence-corrected chi connectivity index (χ2v) is 3.37. The first-order chi connectivity index (χ1) is 6.27. The van der Waals surface area contributed by atoms with E-state index in [-0.39, 0.29) is 6.42 Å². The van der Waals surface area contributed by atoms with Gasteiger partial charge in [0.15, 0.2) is 0 Å². The Kier molecular flexibility index (Phi) is 3.47. The lowest BCUT2D eigenvalue weighted by Gasteiger charge is -2.00. The Hall–Kier alpha value is -1.34. The van der Waals surface area contributed by atoms with Crippen LogP contribution >= 0.6 is 11.3 Å². The van der Waals surface area contributed by atoms with E-state index in [1.54, 1.807) is 23.5 Å². The molecule has 1 rings (SSSR count). The highest BCUT2D eigenvalue weighted by molar-refractivity contribution is 7.10. The summed E-state index contributed by atoms with van der Waals surface area (Å²) in [5.41, 5.74) is 0. The molecule has 13 heavy (non-hydrogen) atoms. The van der Waals surface area contributed by atoms with Gasteiger partial charge in [0.2, 0.25) is 0 Å². The zero-order valence-corrected chi connectivity index (χ0v) is 8.06. The average molecular weight is 195 g/mol. The normalized spacial score (nSPS) is 9.23. The van der Waals surface area contributed by atoms with E-state index in [0.717, 1.165) is 11.3 Å². The first kappa shape index (κ1) is 9.75. The molecule has 0 unspecified atom stereocenters. The molecule has 1 aromatic rings. The molecule has 0 atom stereocenters. The first-order valence-corrected chi connectivity index (χ1v) is 4.80. The van der Waals surface area contributed by atoms with Gasteiger partial charge in [-0.1, -0.05) is 6.92 Å². The highest BCUT2D eigenvalue weighted by atomic mass is 32.1. The van der Waals surface area contributed by atoms with Crippen molar-refractivity contribution in [3.05, 3.63) is 16.3 Å². The molecule has 0 saturated carbocycles. The van der Waals surface area contributed by atoms with Crippen LogP contribution in [-0.4, -0.2) is 5.97 Å². The fraction of sp³-hybridized carbons (Fsp3) is 0.333.